The van der Waals surface area contributed by atoms with Gasteiger partial charge < -0.3 is 23.9 Å². The summed E-state index contributed by atoms with van der Waals surface area (Å²) in [5, 5.41) is 20.7. The maximum atomic E-state index is 14.7. The number of ether oxygens (including phenoxy) is 1. The third kappa shape index (κ3) is 5.28. The Morgan fingerprint density at radius 1 is 0.896 bits per heavy atom. The molecule has 9 nitrogen and oxygen atoms in total. The summed E-state index contributed by atoms with van der Waals surface area (Å²) in [6.07, 6.45) is 1.29. The first kappa shape index (κ1) is 31.2. The second kappa shape index (κ2) is 12.3. The molecule has 2 amide bonds. The van der Waals surface area contributed by atoms with E-state index in [1.165, 1.54) is 12.1 Å². The van der Waals surface area contributed by atoms with Crippen molar-refractivity contribution in [3.8, 4) is 28.8 Å². The average molecular weight is 660 g/mol. The smallest absolute Gasteiger partial charge is 0.264 e. The standard InChI is InChI=1S/C38H34ClN5O4/c1-23-32-20-35(41(23)3)33-18-26(39)8-13-31(33)37(46)42-16-14-30-25(22-42)6-4-7-36(30)48-17-5-15-43-24(2)34(19-28(43)21-40)44(38(32)47)27-9-11-29(45)12-10-27/h4,6-13,18-20,45H,5,14-17,22H2,1-3H3. The van der Waals surface area contributed by atoms with Crippen molar-refractivity contribution in [2.24, 2.45) is 7.05 Å². The van der Waals surface area contributed by atoms with Crippen LogP contribution in [0.25, 0.3) is 11.3 Å². The highest BCUT2D eigenvalue weighted by Crippen LogP contribution is 2.38. The summed E-state index contributed by atoms with van der Waals surface area (Å²) < 4.78 is 10.1. The maximum absolute atomic E-state index is 14.7. The van der Waals surface area contributed by atoms with Crippen LogP contribution in [0.5, 0.6) is 11.5 Å². The van der Waals surface area contributed by atoms with E-state index in [1.54, 1.807) is 47.4 Å². The van der Waals surface area contributed by atoms with Crippen LogP contribution in [0.4, 0.5) is 11.4 Å². The van der Waals surface area contributed by atoms with E-state index < -0.39 is 0 Å². The zero-order valence-corrected chi connectivity index (χ0v) is 27.7. The predicted octanol–water partition coefficient (Wildman–Crippen LogP) is 7.30. The minimum absolute atomic E-state index is 0.0681. The number of amides is 2. The molecule has 3 aliphatic heterocycles. The zero-order chi connectivity index (χ0) is 33.7. The molecule has 1 N–H and O–H groups in total. The van der Waals surface area contributed by atoms with Crippen LogP contribution < -0.4 is 9.64 Å². The SMILES string of the molecule is Cc1c2cc(n1C)-c1cc(Cl)ccc1C(=O)N1CCc3c(cccc3OCCCn3c(C#N)cc(c3C)N(c3ccc(O)cc3)C2=O)C1. The van der Waals surface area contributed by atoms with Gasteiger partial charge in [-0.05, 0) is 92.9 Å². The Kier molecular flexibility index (Phi) is 7.98. The molecule has 0 radical (unpaired) electrons. The number of halogens is 1. The first-order valence-corrected chi connectivity index (χ1v) is 16.3. The van der Waals surface area contributed by atoms with Crippen molar-refractivity contribution in [2.45, 2.75) is 39.8 Å². The molecule has 0 saturated heterocycles. The van der Waals surface area contributed by atoms with Gasteiger partial charge >= 0.3 is 0 Å². The Balaban J connectivity index is 1.43. The fourth-order valence-corrected chi connectivity index (χ4v) is 7.05. The van der Waals surface area contributed by atoms with Crippen LogP contribution in [-0.4, -0.2) is 44.1 Å². The molecule has 0 fully saturated rings. The average Bonchev–Trinajstić information content (AvgIpc) is 3.57. The van der Waals surface area contributed by atoms with Crippen LogP contribution in [0.3, 0.4) is 0 Å². The molecule has 5 heterocycles. The Bertz CT molecular complexity index is 2140. The number of carbonyl (C=O) groups excluding carboxylic acids is 2. The van der Waals surface area contributed by atoms with Crippen LogP contribution in [0.1, 0.15) is 55.3 Å². The van der Waals surface area contributed by atoms with E-state index in [4.69, 9.17) is 16.3 Å². The molecule has 3 aromatic carbocycles. The molecular weight excluding hydrogens is 626 g/mol. The summed E-state index contributed by atoms with van der Waals surface area (Å²) in [7, 11) is 1.87. The molecule has 48 heavy (non-hydrogen) atoms. The van der Waals surface area contributed by atoms with Crippen molar-refractivity contribution in [2.75, 3.05) is 18.1 Å². The van der Waals surface area contributed by atoms with E-state index in [-0.39, 0.29) is 17.6 Å². The Morgan fingerprint density at radius 3 is 2.46 bits per heavy atom. The molecule has 10 heteroatoms. The van der Waals surface area contributed by atoms with Gasteiger partial charge in [0.2, 0.25) is 0 Å². The Hall–Kier alpha value is -5.46. The number of carbonyl (C=O) groups is 2. The van der Waals surface area contributed by atoms with Gasteiger partial charge in [0.05, 0.1) is 17.9 Å². The van der Waals surface area contributed by atoms with Crippen LogP contribution in [-0.2, 0) is 26.6 Å². The number of hydrogen-bond donors (Lipinski definition) is 1. The van der Waals surface area contributed by atoms with Gasteiger partial charge in [-0.15, -0.1) is 0 Å². The minimum Gasteiger partial charge on any atom is -0.508 e. The van der Waals surface area contributed by atoms with Crippen molar-refractivity contribution >= 4 is 34.8 Å². The zero-order valence-electron chi connectivity index (χ0n) is 27.0. The fourth-order valence-electron chi connectivity index (χ4n) is 6.87. The van der Waals surface area contributed by atoms with E-state index in [1.807, 2.05) is 53.1 Å². The Morgan fingerprint density at radius 2 is 1.69 bits per heavy atom. The second-order valence-corrected chi connectivity index (χ2v) is 12.7. The highest BCUT2D eigenvalue weighted by atomic mass is 35.5. The number of hydrogen-bond acceptors (Lipinski definition) is 5. The van der Waals surface area contributed by atoms with Crippen LogP contribution >= 0.6 is 11.6 Å². The largest absolute Gasteiger partial charge is 0.508 e. The summed E-state index contributed by atoms with van der Waals surface area (Å²) in [4.78, 5) is 32.4. The summed E-state index contributed by atoms with van der Waals surface area (Å²) in [5.74, 6) is 0.437. The van der Waals surface area contributed by atoms with Gasteiger partial charge in [0.1, 0.15) is 23.3 Å². The number of anilines is 2. The van der Waals surface area contributed by atoms with Gasteiger partial charge in [-0.1, -0.05) is 23.7 Å². The molecule has 242 valence electrons. The van der Waals surface area contributed by atoms with Gasteiger partial charge in [0.15, 0.2) is 0 Å². The lowest BCUT2D eigenvalue weighted by molar-refractivity contribution is 0.0734. The van der Waals surface area contributed by atoms with Gasteiger partial charge in [-0.2, -0.15) is 5.26 Å². The number of phenols is 1. The van der Waals surface area contributed by atoms with Crippen molar-refractivity contribution in [3.05, 3.63) is 117 Å². The number of fused-ring (bicyclic) bond motifs is 5. The van der Waals surface area contributed by atoms with Crippen molar-refractivity contribution in [1.29, 1.82) is 5.26 Å². The molecule has 0 aliphatic carbocycles. The van der Waals surface area contributed by atoms with Crippen LogP contribution in [0.15, 0.2) is 72.8 Å². The van der Waals surface area contributed by atoms with E-state index in [9.17, 15) is 20.0 Å². The molecule has 0 saturated carbocycles. The fraction of sp³-hybridized carbons (Fsp3) is 0.237. The summed E-state index contributed by atoms with van der Waals surface area (Å²) in [6.45, 7) is 5.68. The second-order valence-electron chi connectivity index (χ2n) is 12.3. The van der Waals surface area contributed by atoms with Gasteiger partial charge in [0.25, 0.3) is 11.8 Å². The van der Waals surface area contributed by atoms with Gasteiger partial charge in [0, 0.05) is 71.2 Å². The quantitative estimate of drug-likeness (QED) is 0.203. The number of aromatic nitrogens is 2. The number of nitriles is 1. The number of phenolic OH excluding ortho intramolecular Hbond substituents is 1. The van der Waals surface area contributed by atoms with E-state index in [2.05, 4.69) is 6.07 Å². The van der Waals surface area contributed by atoms with Crippen molar-refractivity contribution < 1.29 is 19.4 Å². The monoisotopic (exact) mass is 659 g/mol. The first-order valence-electron chi connectivity index (χ1n) is 15.9. The molecule has 3 aliphatic rings. The lowest BCUT2D eigenvalue weighted by Gasteiger charge is -2.30. The number of nitrogens with zero attached hydrogens (tertiary/aromatic N) is 5. The normalized spacial score (nSPS) is 14.8. The number of benzene rings is 3. The predicted molar refractivity (Wildman–Crippen MR) is 184 cm³/mol. The van der Waals surface area contributed by atoms with Gasteiger partial charge in [-0.3, -0.25) is 14.5 Å². The molecular formula is C38H34ClN5O4. The summed E-state index contributed by atoms with van der Waals surface area (Å²) >= 11 is 6.54. The highest BCUT2D eigenvalue weighted by Gasteiger charge is 2.31. The lowest BCUT2D eigenvalue weighted by atomic mass is 9.96. The van der Waals surface area contributed by atoms with E-state index in [0.29, 0.717) is 89.3 Å². The summed E-state index contributed by atoms with van der Waals surface area (Å²) in [5.41, 5.74) is 7.31. The third-order valence-electron chi connectivity index (χ3n) is 9.55. The highest BCUT2D eigenvalue weighted by molar-refractivity contribution is 6.31. The maximum Gasteiger partial charge on any atom is 0.264 e. The van der Waals surface area contributed by atoms with Crippen molar-refractivity contribution in [3.63, 3.8) is 0 Å². The Labute approximate surface area is 283 Å². The molecule has 8 rings (SSSR count). The van der Waals surface area contributed by atoms with Crippen LogP contribution in [0.2, 0.25) is 5.02 Å². The van der Waals surface area contributed by atoms with Crippen molar-refractivity contribution in [1.82, 2.24) is 14.0 Å². The number of rotatable bonds is 1. The van der Waals surface area contributed by atoms with E-state index in [0.717, 1.165) is 22.6 Å². The molecule has 5 aromatic rings. The van der Waals surface area contributed by atoms with Gasteiger partial charge in [-0.25, -0.2) is 0 Å². The van der Waals surface area contributed by atoms with Crippen LogP contribution in [0, 0.1) is 25.2 Å². The minimum atomic E-state index is -0.320. The molecule has 0 unspecified atom stereocenters. The third-order valence-corrected chi connectivity index (χ3v) is 9.79. The topological polar surface area (TPSA) is 104 Å². The van der Waals surface area contributed by atoms with E-state index >= 15 is 0 Å². The summed E-state index contributed by atoms with van der Waals surface area (Å²) in [6, 6.07) is 23.5. The molecule has 2 aromatic heterocycles. The lowest BCUT2D eigenvalue weighted by Crippen LogP contribution is -2.36. The molecule has 0 spiro atoms. The first-order chi connectivity index (χ1) is 23.2. The molecule has 0 atom stereocenters. The molecule has 8 bridgehead atoms. The number of aromatic hydroxyl groups is 1.